The Hall–Kier alpha value is -3.13. The average Bonchev–Trinajstić information content (AvgIpc) is 3.11. The molecule has 0 saturated carbocycles. The van der Waals surface area contributed by atoms with Crippen LogP contribution in [-0.2, 0) is 6.42 Å². The Morgan fingerprint density at radius 3 is 2.06 bits per heavy atom. The summed E-state index contributed by atoms with van der Waals surface area (Å²) >= 11 is 0. The summed E-state index contributed by atoms with van der Waals surface area (Å²) in [6.07, 6.45) is 6.42. The van der Waals surface area contributed by atoms with Crippen LogP contribution in [-0.4, -0.2) is 9.55 Å². The van der Waals surface area contributed by atoms with Crippen molar-refractivity contribution in [1.82, 2.24) is 9.55 Å². The summed E-state index contributed by atoms with van der Waals surface area (Å²) in [5.41, 5.74) is 12.5. The van der Waals surface area contributed by atoms with Crippen LogP contribution in [0, 0.1) is 34.6 Å². The molecule has 0 unspecified atom stereocenters. The molecule has 0 spiro atoms. The molecule has 0 amide bonds. The largest absolute Gasteiger partial charge is 0.296 e. The van der Waals surface area contributed by atoms with E-state index in [1.54, 1.807) is 0 Å². The summed E-state index contributed by atoms with van der Waals surface area (Å²) in [4.78, 5) is 4.97. The molecule has 4 rings (SSSR count). The highest BCUT2D eigenvalue weighted by Gasteiger charge is 2.18. The van der Waals surface area contributed by atoms with E-state index in [0.29, 0.717) is 0 Å². The molecule has 0 saturated heterocycles. The minimum absolute atomic E-state index is 1.02. The first-order chi connectivity index (χ1) is 16.4. The lowest BCUT2D eigenvalue weighted by Gasteiger charge is -2.18. The number of aromatic nitrogens is 2. The summed E-state index contributed by atoms with van der Waals surface area (Å²) in [5, 5.41) is 0. The van der Waals surface area contributed by atoms with Crippen LogP contribution in [0.2, 0.25) is 0 Å². The zero-order chi connectivity index (χ0) is 24.2. The van der Waals surface area contributed by atoms with Gasteiger partial charge in [0.05, 0.1) is 11.4 Å². The fourth-order valence-corrected chi connectivity index (χ4v) is 4.96. The lowest BCUT2D eigenvalue weighted by atomic mass is 9.96. The van der Waals surface area contributed by atoms with E-state index in [1.807, 2.05) is 0 Å². The first-order valence-electron chi connectivity index (χ1n) is 12.7. The number of rotatable bonds is 8. The fourth-order valence-electron chi connectivity index (χ4n) is 4.96. The van der Waals surface area contributed by atoms with Crippen molar-refractivity contribution in [2.75, 3.05) is 0 Å². The molecule has 176 valence electrons. The standard InChI is InChI=1S/C32H38N2/c1-7-8-9-10-13-27-15-17-28(18-16-27)30-20-23(3)31(24(4)21-30)34-26(6)25(5)33-32(34)29-14-11-12-22(2)19-29/h11-12,14-21H,7-10,13H2,1-6H3. The van der Waals surface area contributed by atoms with Crippen molar-refractivity contribution >= 4 is 0 Å². The molecule has 4 aromatic rings. The van der Waals surface area contributed by atoms with E-state index >= 15 is 0 Å². The predicted molar refractivity (Wildman–Crippen MR) is 146 cm³/mol. The molecule has 0 aliphatic heterocycles. The molecule has 0 fully saturated rings. The van der Waals surface area contributed by atoms with E-state index in [0.717, 1.165) is 17.1 Å². The highest BCUT2D eigenvalue weighted by atomic mass is 15.1. The second kappa shape index (κ2) is 10.4. The van der Waals surface area contributed by atoms with Gasteiger partial charge < -0.3 is 0 Å². The van der Waals surface area contributed by atoms with Crippen LogP contribution in [0.3, 0.4) is 0 Å². The lowest BCUT2D eigenvalue weighted by Crippen LogP contribution is -2.05. The first kappa shape index (κ1) is 24.0. The van der Waals surface area contributed by atoms with E-state index in [-0.39, 0.29) is 0 Å². The molecule has 34 heavy (non-hydrogen) atoms. The Morgan fingerprint density at radius 1 is 0.706 bits per heavy atom. The van der Waals surface area contributed by atoms with Gasteiger partial charge in [0.25, 0.3) is 0 Å². The van der Waals surface area contributed by atoms with Gasteiger partial charge in [0.15, 0.2) is 0 Å². The monoisotopic (exact) mass is 450 g/mol. The number of unbranched alkanes of at least 4 members (excludes halogenated alkanes) is 3. The van der Waals surface area contributed by atoms with Crippen molar-refractivity contribution in [2.24, 2.45) is 0 Å². The smallest absolute Gasteiger partial charge is 0.145 e. The number of hydrogen-bond acceptors (Lipinski definition) is 1. The zero-order valence-electron chi connectivity index (χ0n) is 21.7. The van der Waals surface area contributed by atoms with Gasteiger partial charge in [-0.05, 0) is 93.5 Å². The molecule has 2 heteroatoms. The quantitative estimate of drug-likeness (QED) is 0.245. The van der Waals surface area contributed by atoms with Crippen molar-refractivity contribution in [1.29, 1.82) is 0 Å². The van der Waals surface area contributed by atoms with E-state index in [9.17, 15) is 0 Å². The third-order valence-corrected chi connectivity index (χ3v) is 6.94. The van der Waals surface area contributed by atoms with Crippen LogP contribution in [0.5, 0.6) is 0 Å². The maximum atomic E-state index is 4.97. The van der Waals surface area contributed by atoms with Gasteiger partial charge in [-0.15, -0.1) is 0 Å². The van der Waals surface area contributed by atoms with Crippen molar-refractivity contribution < 1.29 is 0 Å². The maximum absolute atomic E-state index is 4.97. The van der Waals surface area contributed by atoms with Crippen LogP contribution >= 0.6 is 0 Å². The number of benzene rings is 3. The molecule has 0 N–H and O–H groups in total. The third-order valence-electron chi connectivity index (χ3n) is 6.94. The van der Waals surface area contributed by atoms with Crippen LogP contribution in [0.15, 0.2) is 60.7 Å². The molecular formula is C32H38N2. The highest BCUT2D eigenvalue weighted by molar-refractivity contribution is 5.71. The van der Waals surface area contributed by atoms with Gasteiger partial charge in [-0.2, -0.15) is 0 Å². The van der Waals surface area contributed by atoms with Crippen LogP contribution in [0.25, 0.3) is 28.2 Å². The second-order valence-corrected chi connectivity index (χ2v) is 9.78. The third kappa shape index (κ3) is 5.01. The van der Waals surface area contributed by atoms with Gasteiger partial charge in [-0.3, -0.25) is 4.57 Å². The summed E-state index contributed by atoms with van der Waals surface area (Å²) in [6, 6.07) is 22.5. The highest BCUT2D eigenvalue weighted by Crippen LogP contribution is 2.33. The van der Waals surface area contributed by atoms with Crippen molar-refractivity contribution in [3.8, 4) is 28.2 Å². The van der Waals surface area contributed by atoms with E-state index < -0.39 is 0 Å². The van der Waals surface area contributed by atoms with Crippen LogP contribution in [0.1, 0.15) is 66.2 Å². The predicted octanol–water partition coefficient (Wildman–Crippen LogP) is 8.87. The summed E-state index contributed by atoms with van der Waals surface area (Å²) in [6.45, 7) is 13.1. The Balaban J connectivity index is 1.68. The van der Waals surface area contributed by atoms with Gasteiger partial charge in [0, 0.05) is 11.3 Å². The molecule has 0 atom stereocenters. The van der Waals surface area contributed by atoms with E-state index in [1.165, 1.54) is 76.9 Å². The second-order valence-electron chi connectivity index (χ2n) is 9.78. The SMILES string of the molecule is CCCCCCc1ccc(-c2cc(C)c(-n3c(-c4cccc(C)c4)nc(C)c3C)c(C)c2)cc1. The van der Waals surface area contributed by atoms with Gasteiger partial charge in [-0.1, -0.05) is 74.2 Å². The molecule has 1 heterocycles. The minimum Gasteiger partial charge on any atom is -0.296 e. The molecular weight excluding hydrogens is 412 g/mol. The van der Waals surface area contributed by atoms with Gasteiger partial charge in [0.1, 0.15) is 5.82 Å². The molecule has 0 aliphatic carbocycles. The first-order valence-corrected chi connectivity index (χ1v) is 12.7. The fraction of sp³-hybridized carbons (Fsp3) is 0.344. The molecule has 2 nitrogen and oxygen atoms in total. The Bertz CT molecular complexity index is 1250. The summed E-state index contributed by atoms with van der Waals surface area (Å²) in [7, 11) is 0. The van der Waals surface area contributed by atoms with Crippen molar-refractivity contribution in [3.63, 3.8) is 0 Å². The number of imidazole rings is 1. The zero-order valence-corrected chi connectivity index (χ0v) is 21.7. The normalized spacial score (nSPS) is 11.2. The maximum Gasteiger partial charge on any atom is 0.145 e. The topological polar surface area (TPSA) is 17.8 Å². The molecule has 0 aliphatic rings. The average molecular weight is 451 g/mol. The van der Waals surface area contributed by atoms with Gasteiger partial charge in [-0.25, -0.2) is 4.98 Å². The van der Waals surface area contributed by atoms with Gasteiger partial charge >= 0.3 is 0 Å². The minimum atomic E-state index is 1.02. The summed E-state index contributed by atoms with van der Waals surface area (Å²) in [5.74, 6) is 1.02. The van der Waals surface area contributed by atoms with Crippen molar-refractivity contribution in [3.05, 3.63) is 94.3 Å². The number of aryl methyl sites for hydroxylation is 5. The Kier molecular flexibility index (Phi) is 7.36. The summed E-state index contributed by atoms with van der Waals surface area (Å²) < 4.78 is 2.35. The molecule has 0 radical (unpaired) electrons. The number of nitrogens with zero attached hydrogens (tertiary/aromatic N) is 2. The van der Waals surface area contributed by atoms with Gasteiger partial charge in [0.2, 0.25) is 0 Å². The Labute approximate surface area is 205 Å². The molecule has 1 aromatic heterocycles. The molecule has 3 aromatic carbocycles. The molecule has 0 bridgehead atoms. The van der Waals surface area contributed by atoms with E-state index in [4.69, 9.17) is 4.98 Å². The van der Waals surface area contributed by atoms with E-state index in [2.05, 4.69) is 107 Å². The number of hydrogen-bond donors (Lipinski definition) is 0. The lowest BCUT2D eigenvalue weighted by molar-refractivity contribution is 0.667. The van der Waals surface area contributed by atoms with Crippen LogP contribution in [0.4, 0.5) is 0 Å². The van der Waals surface area contributed by atoms with Crippen LogP contribution < -0.4 is 0 Å². The van der Waals surface area contributed by atoms with Crippen molar-refractivity contribution in [2.45, 2.75) is 73.6 Å². The Morgan fingerprint density at radius 2 is 1.41 bits per heavy atom.